The number of carbonyl (C=O) groups excluding carboxylic acids is 1. The summed E-state index contributed by atoms with van der Waals surface area (Å²) in [5, 5.41) is 17.0. The van der Waals surface area contributed by atoms with Crippen molar-refractivity contribution in [1.82, 2.24) is 10.6 Å². The van der Waals surface area contributed by atoms with Crippen molar-refractivity contribution in [3.8, 4) is 0 Å². The summed E-state index contributed by atoms with van der Waals surface area (Å²) in [5.41, 5.74) is -0.238. The Labute approximate surface area is 216 Å². The number of aliphatic hydroxyl groups excluding tert-OH is 1. The lowest BCUT2D eigenvalue weighted by Crippen LogP contribution is -2.44. The number of ether oxygens (including phenoxy) is 1. The molecule has 2 aliphatic rings. The molecule has 5 nitrogen and oxygen atoms in total. The molecule has 0 spiro atoms. The van der Waals surface area contributed by atoms with Gasteiger partial charge in [0.1, 0.15) is 0 Å². The number of nitrogens with one attached hydrogen (secondary N) is 2. The number of aliphatic hydroxyl groups is 1. The standard InChI is InChI=1S/C30H58N2O3/c1-6-17-30(4,5)29(34)32-27-15-13-25(14-16-27)19-24-9-11-26(12-10-24)20-31-21-28(33)22-35-18-7-8-23(2)3/h23-28,31,33H,6-22H2,1-5H3,(H,32,34). The smallest absolute Gasteiger partial charge is 0.225 e. The summed E-state index contributed by atoms with van der Waals surface area (Å²) in [6.07, 6.45) is 15.5. The largest absolute Gasteiger partial charge is 0.389 e. The molecule has 3 N–H and O–H groups in total. The Hall–Kier alpha value is -0.650. The first-order chi connectivity index (χ1) is 16.7. The van der Waals surface area contributed by atoms with Crippen molar-refractivity contribution in [2.75, 3.05) is 26.3 Å². The van der Waals surface area contributed by atoms with E-state index in [1.165, 1.54) is 51.4 Å². The zero-order chi connectivity index (χ0) is 25.7. The van der Waals surface area contributed by atoms with Gasteiger partial charge in [0, 0.05) is 24.6 Å². The third-order valence-corrected chi connectivity index (χ3v) is 8.50. The highest BCUT2D eigenvalue weighted by Crippen LogP contribution is 2.37. The molecule has 35 heavy (non-hydrogen) atoms. The van der Waals surface area contributed by atoms with Gasteiger partial charge < -0.3 is 20.5 Å². The van der Waals surface area contributed by atoms with Gasteiger partial charge in [0.2, 0.25) is 5.91 Å². The molecule has 0 saturated heterocycles. The lowest BCUT2D eigenvalue weighted by molar-refractivity contribution is -0.130. The molecule has 0 aromatic carbocycles. The molecule has 0 aromatic heterocycles. The number of hydrogen-bond donors (Lipinski definition) is 3. The Bertz CT molecular complexity index is 564. The molecule has 2 saturated carbocycles. The van der Waals surface area contributed by atoms with Gasteiger partial charge >= 0.3 is 0 Å². The average Bonchev–Trinajstić information content (AvgIpc) is 2.81. The third kappa shape index (κ3) is 12.4. The first kappa shape index (κ1) is 30.6. The van der Waals surface area contributed by atoms with Crippen LogP contribution in [0, 0.1) is 29.1 Å². The van der Waals surface area contributed by atoms with Crippen molar-refractivity contribution in [3.63, 3.8) is 0 Å². The predicted octanol–water partition coefficient (Wildman–Crippen LogP) is 6.09. The van der Waals surface area contributed by atoms with Crippen molar-refractivity contribution in [2.45, 2.75) is 130 Å². The maximum atomic E-state index is 12.6. The fourth-order valence-electron chi connectivity index (χ4n) is 6.13. The fraction of sp³-hybridized carbons (Fsp3) is 0.967. The van der Waals surface area contributed by atoms with E-state index >= 15 is 0 Å². The van der Waals surface area contributed by atoms with Gasteiger partial charge in [-0.2, -0.15) is 0 Å². The lowest BCUT2D eigenvalue weighted by Gasteiger charge is -2.35. The molecule has 2 aliphatic carbocycles. The van der Waals surface area contributed by atoms with Gasteiger partial charge in [-0.3, -0.25) is 4.79 Å². The monoisotopic (exact) mass is 494 g/mol. The van der Waals surface area contributed by atoms with Crippen molar-refractivity contribution in [1.29, 1.82) is 0 Å². The van der Waals surface area contributed by atoms with Crippen LogP contribution in [0.1, 0.15) is 118 Å². The van der Waals surface area contributed by atoms with Crippen molar-refractivity contribution < 1.29 is 14.6 Å². The van der Waals surface area contributed by atoms with Gasteiger partial charge in [0.05, 0.1) is 12.7 Å². The Morgan fingerprint density at radius 2 is 1.60 bits per heavy atom. The minimum absolute atomic E-state index is 0.238. The Morgan fingerprint density at radius 3 is 2.20 bits per heavy atom. The highest BCUT2D eigenvalue weighted by Gasteiger charge is 2.31. The third-order valence-electron chi connectivity index (χ3n) is 8.50. The van der Waals surface area contributed by atoms with E-state index in [0.717, 1.165) is 68.9 Å². The normalized spacial score (nSPS) is 26.6. The molecule has 0 aromatic rings. The second-order valence-electron chi connectivity index (χ2n) is 12.9. The second kappa shape index (κ2) is 16.2. The topological polar surface area (TPSA) is 70.6 Å². The van der Waals surface area contributed by atoms with E-state index < -0.39 is 6.10 Å². The molecule has 2 fully saturated rings. The maximum absolute atomic E-state index is 12.6. The van der Waals surface area contributed by atoms with Crippen LogP contribution in [0.15, 0.2) is 0 Å². The van der Waals surface area contributed by atoms with Crippen LogP contribution >= 0.6 is 0 Å². The average molecular weight is 495 g/mol. The van der Waals surface area contributed by atoms with E-state index in [2.05, 4.69) is 45.3 Å². The molecule has 1 atom stereocenters. The SMILES string of the molecule is CCCC(C)(C)C(=O)NC1CCC(CC2CCC(CNCC(O)COCCCC(C)C)CC2)CC1. The predicted molar refractivity (Wildman–Crippen MR) is 146 cm³/mol. The molecule has 0 radical (unpaired) electrons. The number of hydrogen-bond acceptors (Lipinski definition) is 4. The quantitative estimate of drug-likeness (QED) is 0.227. The summed E-state index contributed by atoms with van der Waals surface area (Å²) in [6, 6.07) is 0.387. The van der Waals surface area contributed by atoms with Crippen LogP contribution < -0.4 is 10.6 Å². The Kier molecular flexibility index (Phi) is 14.2. The molecule has 0 bridgehead atoms. The first-order valence-electron chi connectivity index (χ1n) is 15.0. The van der Waals surface area contributed by atoms with Gasteiger partial charge in [0.25, 0.3) is 0 Å². The van der Waals surface area contributed by atoms with Crippen molar-refractivity contribution in [3.05, 3.63) is 0 Å². The molecular formula is C30H58N2O3. The molecule has 1 amide bonds. The number of amides is 1. The van der Waals surface area contributed by atoms with E-state index in [4.69, 9.17) is 4.74 Å². The first-order valence-corrected chi connectivity index (χ1v) is 15.0. The van der Waals surface area contributed by atoms with E-state index in [0.29, 0.717) is 19.2 Å². The maximum Gasteiger partial charge on any atom is 0.225 e. The van der Waals surface area contributed by atoms with Crippen LogP contribution in [-0.2, 0) is 9.53 Å². The summed E-state index contributed by atoms with van der Waals surface area (Å²) in [6.45, 7) is 13.6. The van der Waals surface area contributed by atoms with E-state index in [9.17, 15) is 9.90 Å². The minimum atomic E-state index is -0.400. The zero-order valence-corrected chi connectivity index (χ0v) is 23.7. The van der Waals surface area contributed by atoms with Crippen molar-refractivity contribution in [2.24, 2.45) is 29.1 Å². The summed E-state index contributed by atoms with van der Waals surface area (Å²) in [7, 11) is 0. The highest BCUT2D eigenvalue weighted by atomic mass is 16.5. The fourth-order valence-corrected chi connectivity index (χ4v) is 6.13. The summed E-state index contributed by atoms with van der Waals surface area (Å²) < 4.78 is 5.61. The molecule has 2 rings (SSSR count). The van der Waals surface area contributed by atoms with Gasteiger partial charge in [-0.15, -0.1) is 0 Å². The Morgan fingerprint density at radius 1 is 1.00 bits per heavy atom. The Balaban J connectivity index is 1.51. The lowest BCUT2D eigenvalue weighted by atomic mass is 9.74. The van der Waals surface area contributed by atoms with Crippen LogP contribution in [0.3, 0.4) is 0 Å². The molecule has 0 aliphatic heterocycles. The van der Waals surface area contributed by atoms with Gasteiger partial charge in [-0.05, 0) is 94.4 Å². The van der Waals surface area contributed by atoms with Crippen LogP contribution in [-0.4, -0.2) is 49.5 Å². The van der Waals surface area contributed by atoms with E-state index in [1.54, 1.807) is 0 Å². The van der Waals surface area contributed by atoms with E-state index in [1.807, 2.05) is 0 Å². The molecule has 1 unspecified atom stereocenters. The number of rotatable bonds is 16. The van der Waals surface area contributed by atoms with Gasteiger partial charge in [0.15, 0.2) is 0 Å². The summed E-state index contributed by atoms with van der Waals surface area (Å²) in [5.74, 6) is 3.45. The van der Waals surface area contributed by atoms with Gasteiger partial charge in [-0.25, -0.2) is 0 Å². The minimum Gasteiger partial charge on any atom is -0.389 e. The molecular weight excluding hydrogens is 436 g/mol. The van der Waals surface area contributed by atoms with Crippen LogP contribution in [0.25, 0.3) is 0 Å². The van der Waals surface area contributed by atoms with Crippen molar-refractivity contribution >= 4 is 5.91 Å². The van der Waals surface area contributed by atoms with Crippen LogP contribution in [0.5, 0.6) is 0 Å². The molecule has 5 heteroatoms. The molecule has 0 heterocycles. The van der Waals surface area contributed by atoms with Gasteiger partial charge in [-0.1, -0.05) is 53.9 Å². The number of carbonyl (C=O) groups is 1. The zero-order valence-electron chi connectivity index (χ0n) is 23.7. The summed E-state index contributed by atoms with van der Waals surface area (Å²) in [4.78, 5) is 12.6. The van der Waals surface area contributed by atoms with Crippen LogP contribution in [0.2, 0.25) is 0 Å². The van der Waals surface area contributed by atoms with E-state index in [-0.39, 0.29) is 11.3 Å². The van der Waals surface area contributed by atoms with Crippen LogP contribution in [0.4, 0.5) is 0 Å². The second-order valence-corrected chi connectivity index (χ2v) is 12.9. The summed E-state index contributed by atoms with van der Waals surface area (Å²) >= 11 is 0. The molecule has 206 valence electrons. The highest BCUT2D eigenvalue weighted by molar-refractivity contribution is 5.82.